The molecule has 196 valence electrons. The van der Waals surface area contributed by atoms with E-state index >= 15 is 0 Å². The number of carbonyl (C=O) groups excluding carboxylic acids is 2. The van der Waals surface area contributed by atoms with Crippen molar-refractivity contribution < 1.29 is 23.8 Å². The molecule has 0 aliphatic heterocycles. The number of hydrogen-bond donors (Lipinski definition) is 1. The summed E-state index contributed by atoms with van der Waals surface area (Å²) in [5.74, 6) is 0.358. The molecule has 0 bridgehead atoms. The summed E-state index contributed by atoms with van der Waals surface area (Å²) in [7, 11) is 3.16. The Hall–Kier alpha value is -4.69. The van der Waals surface area contributed by atoms with Crippen molar-refractivity contribution in [2.45, 2.75) is 6.92 Å². The highest BCUT2D eigenvalue weighted by Crippen LogP contribution is 2.38. The average molecular weight is 539 g/mol. The summed E-state index contributed by atoms with van der Waals surface area (Å²) in [6.07, 6.45) is 0. The monoisotopic (exact) mass is 538 g/mol. The second-order valence-corrected chi connectivity index (χ2v) is 9.41. The first kappa shape index (κ1) is 25.9. The van der Waals surface area contributed by atoms with Gasteiger partial charge in [0.05, 0.1) is 37.6 Å². The van der Waals surface area contributed by atoms with E-state index in [0.29, 0.717) is 55.4 Å². The smallest absolute Gasteiger partial charge is 0.341 e. The number of nitrogens with one attached hydrogen (secondary N) is 1. The molecule has 0 spiro atoms. The zero-order valence-electron chi connectivity index (χ0n) is 21.7. The third-order valence-corrected chi connectivity index (χ3v) is 7.12. The molecule has 0 aliphatic carbocycles. The standard InChI is InChI=1S/C31H26N2O5S/c1-4-38-31(35)28-24(19-10-6-5-7-11-19)18-39-30(28)33-29(34)23-17-26(32-25-13-9-8-12-21(23)25)22-15-14-20(36-2)16-27(22)37-3/h5-18H,4H2,1-3H3,(H,33,34). The topological polar surface area (TPSA) is 86.8 Å². The largest absolute Gasteiger partial charge is 0.497 e. The van der Waals surface area contributed by atoms with Crippen LogP contribution in [0.3, 0.4) is 0 Å². The quantitative estimate of drug-likeness (QED) is 0.213. The fraction of sp³-hybridized carbons (Fsp3) is 0.129. The van der Waals surface area contributed by atoms with Crippen LogP contribution < -0.4 is 14.8 Å². The van der Waals surface area contributed by atoms with Crippen LogP contribution in [0.5, 0.6) is 11.5 Å². The van der Waals surface area contributed by atoms with Gasteiger partial charge in [0, 0.05) is 28.0 Å². The molecular weight excluding hydrogens is 512 g/mol. The number of thiophene rings is 1. The van der Waals surface area contributed by atoms with Crippen molar-refractivity contribution in [1.82, 2.24) is 4.98 Å². The van der Waals surface area contributed by atoms with Crippen molar-refractivity contribution in [3.05, 3.63) is 95.4 Å². The maximum Gasteiger partial charge on any atom is 0.341 e. The number of amides is 1. The molecule has 1 amide bonds. The predicted octanol–water partition coefficient (Wildman–Crippen LogP) is 7.08. The number of rotatable bonds is 8. The number of fused-ring (bicyclic) bond motifs is 1. The minimum atomic E-state index is -0.490. The molecule has 2 heterocycles. The number of ether oxygens (including phenoxy) is 3. The first-order valence-electron chi connectivity index (χ1n) is 12.3. The predicted molar refractivity (Wildman–Crippen MR) is 154 cm³/mol. The van der Waals surface area contributed by atoms with Crippen LogP contribution in [0.1, 0.15) is 27.6 Å². The second-order valence-electron chi connectivity index (χ2n) is 8.53. The van der Waals surface area contributed by atoms with Crippen molar-refractivity contribution in [2.24, 2.45) is 0 Å². The minimum Gasteiger partial charge on any atom is -0.497 e. The lowest BCUT2D eigenvalue weighted by Crippen LogP contribution is -2.15. The lowest BCUT2D eigenvalue weighted by molar-refractivity contribution is 0.0529. The van der Waals surface area contributed by atoms with Gasteiger partial charge in [0.1, 0.15) is 22.1 Å². The van der Waals surface area contributed by atoms with Gasteiger partial charge in [-0.05, 0) is 36.8 Å². The van der Waals surface area contributed by atoms with Gasteiger partial charge in [0.2, 0.25) is 0 Å². The van der Waals surface area contributed by atoms with Gasteiger partial charge in [0.25, 0.3) is 5.91 Å². The van der Waals surface area contributed by atoms with Crippen LogP contribution in [-0.4, -0.2) is 37.7 Å². The van der Waals surface area contributed by atoms with Crippen molar-refractivity contribution in [2.75, 3.05) is 26.1 Å². The minimum absolute atomic E-state index is 0.221. The number of pyridine rings is 1. The number of nitrogens with zero attached hydrogens (tertiary/aromatic N) is 1. The molecule has 5 aromatic rings. The Morgan fingerprint density at radius 2 is 1.67 bits per heavy atom. The molecule has 0 saturated heterocycles. The van der Waals surface area contributed by atoms with E-state index in [-0.39, 0.29) is 12.5 Å². The van der Waals surface area contributed by atoms with Gasteiger partial charge in [-0.15, -0.1) is 11.3 Å². The summed E-state index contributed by atoms with van der Waals surface area (Å²) >= 11 is 1.28. The lowest BCUT2D eigenvalue weighted by Gasteiger charge is -2.14. The van der Waals surface area contributed by atoms with Gasteiger partial charge >= 0.3 is 5.97 Å². The van der Waals surface area contributed by atoms with Crippen LogP contribution in [0.2, 0.25) is 0 Å². The molecule has 2 aromatic heterocycles. The van der Waals surface area contributed by atoms with Crippen molar-refractivity contribution >= 4 is 39.1 Å². The van der Waals surface area contributed by atoms with E-state index < -0.39 is 5.97 Å². The van der Waals surface area contributed by atoms with Crippen molar-refractivity contribution in [3.63, 3.8) is 0 Å². The zero-order valence-corrected chi connectivity index (χ0v) is 22.5. The molecule has 7 nitrogen and oxygen atoms in total. The number of esters is 1. The van der Waals surface area contributed by atoms with E-state index in [1.54, 1.807) is 33.3 Å². The number of carbonyl (C=O) groups is 2. The molecule has 3 aromatic carbocycles. The average Bonchev–Trinajstić information content (AvgIpc) is 3.40. The van der Waals surface area contributed by atoms with E-state index in [1.807, 2.05) is 72.1 Å². The third kappa shape index (κ3) is 5.19. The lowest BCUT2D eigenvalue weighted by atomic mass is 10.0. The first-order valence-corrected chi connectivity index (χ1v) is 13.2. The number of hydrogen-bond acceptors (Lipinski definition) is 7. The van der Waals surface area contributed by atoms with Crippen LogP contribution in [0, 0.1) is 0 Å². The summed E-state index contributed by atoms with van der Waals surface area (Å²) in [5.41, 5.74) is 4.25. The van der Waals surface area contributed by atoms with Crippen LogP contribution in [0.15, 0.2) is 84.2 Å². The van der Waals surface area contributed by atoms with E-state index in [4.69, 9.17) is 19.2 Å². The summed E-state index contributed by atoms with van der Waals surface area (Å²) in [4.78, 5) is 31.6. The number of benzene rings is 3. The van der Waals surface area contributed by atoms with E-state index in [0.717, 1.165) is 5.56 Å². The molecule has 0 saturated carbocycles. The van der Waals surface area contributed by atoms with Crippen LogP contribution in [0.25, 0.3) is 33.3 Å². The molecule has 0 radical (unpaired) electrons. The van der Waals surface area contributed by atoms with Gasteiger partial charge in [-0.1, -0.05) is 48.5 Å². The number of anilines is 1. The second kappa shape index (κ2) is 11.4. The fourth-order valence-electron chi connectivity index (χ4n) is 4.37. The molecule has 0 aliphatic rings. The molecule has 0 fully saturated rings. The Morgan fingerprint density at radius 1 is 0.897 bits per heavy atom. The molecule has 39 heavy (non-hydrogen) atoms. The Morgan fingerprint density at radius 3 is 2.41 bits per heavy atom. The van der Waals surface area contributed by atoms with Gasteiger partial charge in [-0.3, -0.25) is 4.79 Å². The Balaban J connectivity index is 1.59. The molecule has 5 rings (SSSR count). The Kier molecular flexibility index (Phi) is 7.56. The third-order valence-electron chi connectivity index (χ3n) is 6.23. The number of para-hydroxylation sites is 1. The maximum absolute atomic E-state index is 13.8. The SMILES string of the molecule is CCOC(=O)c1c(-c2ccccc2)csc1NC(=O)c1cc(-c2ccc(OC)cc2OC)nc2ccccc12. The summed E-state index contributed by atoms with van der Waals surface area (Å²) < 4.78 is 16.3. The number of methoxy groups -OCH3 is 2. The van der Waals surface area contributed by atoms with Gasteiger partial charge < -0.3 is 19.5 Å². The molecular formula is C31H26N2O5S. The van der Waals surface area contributed by atoms with Crippen LogP contribution in [0.4, 0.5) is 5.00 Å². The summed E-state index contributed by atoms with van der Waals surface area (Å²) in [6.45, 7) is 1.97. The van der Waals surface area contributed by atoms with E-state index in [2.05, 4.69) is 5.32 Å². The van der Waals surface area contributed by atoms with Gasteiger partial charge in [-0.2, -0.15) is 0 Å². The van der Waals surface area contributed by atoms with E-state index in [1.165, 1.54) is 11.3 Å². The highest BCUT2D eigenvalue weighted by molar-refractivity contribution is 7.15. The molecule has 0 unspecified atom stereocenters. The summed E-state index contributed by atoms with van der Waals surface area (Å²) in [5, 5.41) is 5.93. The van der Waals surface area contributed by atoms with Crippen molar-refractivity contribution in [3.8, 4) is 33.9 Å². The highest BCUT2D eigenvalue weighted by Gasteiger charge is 2.24. The molecule has 1 N–H and O–H groups in total. The summed E-state index contributed by atoms with van der Waals surface area (Å²) in [6, 6.07) is 24.2. The zero-order chi connectivity index (χ0) is 27.4. The van der Waals surface area contributed by atoms with Crippen LogP contribution >= 0.6 is 11.3 Å². The normalized spacial score (nSPS) is 10.7. The van der Waals surface area contributed by atoms with Gasteiger partial charge in [0.15, 0.2) is 0 Å². The molecule has 0 atom stereocenters. The molecule has 8 heteroatoms. The number of aromatic nitrogens is 1. The van der Waals surface area contributed by atoms with Crippen molar-refractivity contribution in [1.29, 1.82) is 0 Å². The fourth-order valence-corrected chi connectivity index (χ4v) is 5.32. The first-order chi connectivity index (χ1) is 19.0. The Labute approximate surface area is 230 Å². The van der Waals surface area contributed by atoms with Gasteiger partial charge in [-0.25, -0.2) is 9.78 Å². The maximum atomic E-state index is 13.8. The van der Waals surface area contributed by atoms with Crippen LogP contribution in [-0.2, 0) is 4.74 Å². The van der Waals surface area contributed by atoms with E-state index in [9.17, 15) is 9.59 Å². The highest BCUT2D eigenvalue weighted by atomic mass is 32.1. The Bertz CT molecular complexity index is 1660.